The first-order valence-electron chi connectivity index (χ1n) is 6.08. The molecule has 0 saturated heterocycles. The normalized spacial score (nSPS) is 11.8. The Morgan fingerprint density at radius 1 is 1.35 bits per heavy atom. The van der Waals surface area contributed by atoms with Crippen LogP contribution in [0.3, 0.4) is 0 Å². The molecule has 0 heterocycles. The van der Waals surface area contributed by atoms with E-state index in [1.54, 1.807) is 25.3 Å². The molecule has 0 aromatic heterocycles. The Labute approximate surface area is 122 Å². The highest BCUT2D eigenvalue weighted by Crippen LogP contribution is 2.25. The summed E-state index contributed by atoms with van der Waals surface area (Å²) in [6, 6.07) is 4.66. The SMILES string of the molecule is COC(=O)C(N)CSCc1cc(C(C)=O)ccc1OC. The topological polar surface area (TPSA) is 78.6 Å². The molecule has 1 atom stereocenters. The number of nitrogens with two attached hydrogens (primary N) is 1. The second kappa shape index (κ2) is 7.91. The lowest BCUT2D eigenvalue weighted by atomic mass is 10.1. The maximum absolute atomic E-state index is 11.4. The number of methoxy groups -OCH3 is 2. The van der Waals surface area contributed by atoms with Gasteiger partial charge in [-0.05, 0) is 25.1 Å². The van der Waals surface area contributed by atoms with Crippen molar-refractivity contribution in [2.24, 2.45) is 5.73 Å². The zero-order valence-electron chi connectivity index (χ0n) is 11.8. The summed E-state index contributed by atoms with van der Waals surface area (Å²) in [5.41, 5.74) is 7.20. The van der Waals surface area contributed by atoms with Crippen molar-refractivity contribution in [3.63, 3.8) is 0 Å². The summed E-state index contributed by atoms with van der Waals surface area (Å²) in [5, 5.41) is 0. The molecule has 6 heteroatoms. The van der Waals surface area contributed by atoms with Crippen molar-refractivity contribution in [2.45, 2.75) is 18.7 Å². The highest BCUT2D eigenvalue weighted by atomic mass is 32.2. The summed E-state index contributed by atoms with van der Waals surface area (Å²) in [6.07, 6.45) is 0. The number of thioether (sulfide) groups is 1. The fraction of sp³-hybridized carbons (Fsp3) is 0.429. The minimum Gasteiger partial charge on any atom is -0.496 e. The van der Waals surface area contributed by atoms with Crippen molar-refractivity contribution in [1.82, 2.24) is 0 Å². The van der Waals surface area contributed by atoms with Crippen molar-refractivity contribution < 1.29 is 19.1 Å². The first-order chi connectivity index (χ1) is 9.49. The zero-order valence-corrected chi connectivity index (χ0v) is 12.7. The summed E-state index contributed by atoms with van der Waals surface area (Å²) < 4.78 is 9.82. The van der Waals surface area contributed by atoms with Gasteiger partial charge in [0.2, 0.25) is 0 Å². The highest BCUT2D eigenvalue weighted by molar-refractivity contribution is 7.98. The Kier molecular flexibility index (Phi) is 6.54. The van der Waals surface area contributed by atoms with Gasteiger partial charge < -0.3 is 15.2 Å². The molecule has 5 nitrogen and oxygen atoms in total. The third kappa shape index (κ3) is 4.54. The smallest absolute Gasteiger partial charge is 0.323 e. The van der Waals surface area contributed by atoms with Crippen LogP contribution in [0.4, 0.5) is 0 Å². The number of rotatable bonds is 7. The lowest BCUT2D eigenvalue weighted by Gasteiger charge is -2.11. The fourth-order valence-electron chi connectivity index (χ4n) is 1.63. The highest BCUT2D eigenvalue weighted by Gasteiger charge is 2.14. The van der Waals surface area contributed by atoms with Gasteiger partial charge in [0, 0.05) is 22.6 Å². The molecule has 0 aliphatic rings. The van der Waals surface area contributed by atoms with Crippen LogP contribution in [0.5, 0.6) is 5.75 Å². The molecule has 0 amide bonds. The standard InChI is InChI=1S/C14H19NO4S/c1-9(16)10-4-5-13(18-2)11(6-10)7-20-8-12(15)14(17)19-3/h4-6,12H,7-8,15H2,1-3H3. The molecule has 0 aliphatic carbocycles. The van der Waals surface area contributed by atoms with Gasteiger partial charge in [-0.2, -0.15) is 11.8 Å². The van der Waals surface area contributed by atoms with Crippen molar-refractivity contribution in [3.05, 3.63) is 29.3 Å². The van der Waals surface area contributed by atoms with Crippen LogP contribution >= 0.6 is 11.8 Å². The number of hydrogen-bond donors (Lipinski definition) is 1. The van der Waals surface area contributed by atoms with Crippen molar-refractivity contribution in [2.75, 3.05) is 20.0 Å². The van der Waals surface area contributed by atoms with E-state index in [-0.39, 0.29) is 5.78 Å². The lowest BCUT2D eigenvalue weighted by molar-refractivity contribution is -0.141. The Morgan fingerprint density at radius 2 is 2.05 bits per heavy atom. The minimum atomic E-state index is -0.646. The van der Waals surface area contributed by atoms with E-state index in [1.165, 1.54) is 25.8 Å². The third-order valence-corrected chi connectivity index (χ3v) is 3.86. The molecular weight excluding hydrogens is 278 g/mol. The molecule has 2 N–H and O–H groups in total. The van der Waals surface area contributed by atoms with Crippen LogP contribution in [0.2, 0.25) is 0 Å². The zero-order chi connectivity index (χ0) is 15.1. The molecule has 1 aromatic rings. The van der Waals surface area contributed by atoms with Gasteiger partial charge in [-0.1, -0.05) is 0 Å². The van der Waals surface area contributed by atoms with Gasteiger partial charge in [-0.3, -0.25) is 9.59 Å². The van der Waals surface area contributed by atoms with Crippen molar-refractivity contribution in [3.8, 4) is 5.75 Å². The molecule has 1 unspecified atom stereocenters. The third-order valence-electron chi connectivity index (χ3n) is 2.75. The number of ketones is 1. The molecule has 1 rings (SSSR count). The lowest BCUT2D eigenvalue weighted by Crippen LogP contribution is -2.33. The van der Waals surface area contributed by atoms with Crippen LogP contribution < -0.4 is 10.5 Å². The Hall–Kier alpha value is -1.53. The monoisotopic (exact) mass is 297 g/mol. The number of carbonyl (C=O) groups is 2. The van der Waals surface area contributed by atoms with Crippen LogP contribution in [0.25, 0.3) is 0 Å². The van der Waals surface area contributed by atoms with Gasteiger partial charge in [0.05, 0.1) is 14.2 Å². The van der Waals surface area contributed by atoms with Gasteiger partial charge >= 0.3 is 5.97 Å². The number of ether oxygens (including phenoxy) is 2. The summed E-state index contributed by atoms with van der Waals surface area (Å²) in [6.45, 7) is 1.52. The second-order valence-electron chi connectivity index (χ2n) is 4.23. The van der Waals surface area contributed by atoms with Crippen LogP contribution in [-0.2, 0) is 15.3 Å². The van der Waals surface area contributed by atoms with Crippen LogP contribution in [-0.4, -0.2) is 37.8 Å². The van der Waals surface area contributed by atoms with E-state index < -0.39 is 12.0 Å². The fourth-order valence-corrected chi connectivity index (χ4v) is 2.58. The second-order valence-corrected chi connectivity index (χ2v) is 5.26. The van der Waals surface area contributed by atoms with E-state index in [9.17, 15) is 9.59 Å². The summed E-state index contributed by atoms with van der Waals surface area (Å²) >= 11 is 1.49. The van der Waals surface area contributed by atoms with Gasteiger partial charge in [-0.25, -0.2) is 0 Å². The van der Waals surface area contributed by atoms with Gasteiger partial charge in [-0.15, -0.1) is 0 Å². The first-order valence-corrected chi connectivity index (χ1v) is 7.24. The molecule has 0 bridgehead atoms. The number of carbonyl (C=O) groups excluding carboxylic acids is 2. The Morgan fingerprint density at radius 3 is 2.60 bits per heavy atom. The molecule has 20 heavy (non-hydrogen) atoms. The van der Waals surface area contributed by atoms with E-state index in [0.29, 0.717) is 22.8 Å². The number of esters is 1. The van der Waals surface area contributed by atoms with E-state index in [4.69, 9.17) is 10.5 Å². The number of Topliss-reactive ketones (excluding diaryl/α,β-unsaturated/α-hetero) is 1. The Balaban J connectivity index is 2.68. The summed E-state index contributed by atoms with van der Waals surface area (Å²) in [4.78, 5) is 22.6. The molecule has 0 spiro atoms. The van der Waals surface area contributed by atoms with Crippen molar-refractivity contribution in [1.29, 1.82) is 0 Å². The summed E-state index contributed by atoms with van der Waals surface area (Å²) in [7, 11) is 2.89. The molecule has 1 aromatic carbocycles. The van der Waals surface area contributed by atoms with E-state index >= 15 is 0 Å². The molecule has 0 aliphatic heterocycles. The largest absolute Gasteiger partial charge is 0.496 e. The molecule has 0 fully saturated rings. The number of benzene rings is 1. The van der Waals surface area contributed by atoms with Gasteiger partial charge in [0.15, 0.2) is 5.78 Å². The maximum atomic E-state index is 11.4. The van der Waals surface area contributed by atoms with Crippen LogP contribution in [0, 0.1) is 0 Å². The number of hydrogen-bond acceptors (Lipinski definition) is 6. The van der Waals surface area contributed by atoms with E-state index in [0.717, 1.165) is 5.56 Å². The van der Waals surface area contributed by atoms with Gasteiger partial charge in [0.1, 0.15) is 11.8 Å². The quantitative estimate of drug-likeness (QED) is 0.609. The predicted molar refractivity (Wildman–Crippen MR) is 79.2 cm³/mol. The van der Waals surface area contributed by atoms with Crippen molar-refractivity contribution >= 4 is 23.5 Å². The van der Waals surface area contributed by atoms with Crippen LogP contribution in [0.15, 0.2) is 18.2 Å². The summed E-state index contributed by atoms with van der Waals surface area (Å²) in [5.74, 6) is 1.34. The maximum Gasteiger partial charge on any atom is 0.323 e. The van der Waals surface area contributed by atoms with Crippen LogP contribution in [0.1, 0.15) is 22.8 Å². The Bertz CT molecular complexity index is 490. The molecule has 110 valence electrons. The first kappa shape index (κ1) is 16.5. The average molecular weight is 297 g/mol. The molecular formula is C14H19NO4S. The van der Waals surface area contributed by atoms with E-state index in [2.05, 4.69) is 4.74 Å². The molecule has 0 saturated carbocycles. The van der Waals surface area contributed by atoms with Gasteiger partial charge in [0.25, 0.3) is 0 Å². The predicted octanol–water partition coefficient (Wildman–Crippen LogP) is 1.63. The minimum absolute atomic E-state index is 0.00478. The molecule has 0 radical (unpaired) electrons. The van der Waals surface area contributed by atoms with E-state index in [1.807, 2.05) is 0 Å². The average Bonchev–Trinajstić information content (AvgIpc) is 2.45.